The number of carbonyl (C=O) groups excluding carboxylic acids is 2. The average molecular weight is 260 g/mol. The zero-order chi connectivity index (χ0) is 14.3. The van der Waals surface area contributed by atoms with E-state index in [9.17, 15) is 14.7 Å². The molecule has 1 aliphatic heterocycles. The molecular weight excluding hydrogens is 236 g/mol. The Morgan fingerprint density at radius 3 is 2.50 bits per heavy atom. The third kappa shape index (κ3) is 6.44. The number of rotatable bonds is 1. The second-order valence-corrected chi connectivity index (χ2v) is 4.83. The third-order valence-corrected chi connectivity index (χ3v) is 2.03. The van der Waals surface area contributed by atoms with E-state index in [1.807, 2.05) is 13.8 Å². The van der Waals surface area contributed by atoms with Crippen LogP contribution < -0.4 is 10.6 Å². The summed E-state index contributed by atoms with van der Waals surface area (Å²) >= 11 is 0. The fourth-order valence-electron chi connectivity index (χ4n) is 1.38. The van der Waals surface area contributed by atoms with Gasteiger partial charge in [-0.2, -0.15) is 0 Å². The Labute approximate surface area is 108 Å². The van der Waals surface area contributed by atoms with Crippen LogP contribution in [0.15, 0.2) is 0 Å². The maximum Gasteiger partial charge on any atom is 0.408 e. The molecule has 3 N–H and O–H groups in total. The smallest absolute Gasteiger partial charge is 0.408 e. The van der Waals surface area contributed by atoms with Crippen LogP contribution in [0, 0.1) is 0 Å². The maximum absolute atomic E-state index is 11.4. The monoisotopic (exact) mass is 260 g/mol. The molecule has 0 aromatic heterocycles. The molecule has 2 amide bonds. The second kappa shape index (κ2) is 7.20. The van der Waals surface area contributed by atoms with Crippen LogP contribution in [0.3, 0.4) is 0 Å². The van der Waals surface area contributed by atoms with Crippen molar-refractivity contribution in [3.05, 3.63) is 0 Å². The summed E-state index contributed by atoms with van der Waals surface area (Å²) in [6.45, 7) is 9.44. The molecular formula is C12H24N2O4. The molecule has 0 saturated carbocycles. The summed E-state index contributed by atoms with van der Waals surface area (Å²) in [4.78, 5) is 22.7. The van der Waals surface area contributed by atoms with E-state index in [0.717, 1.165) is 0 Å². The first kappa shape index (κ1) is 16.7. The fraction of sp³-hybridized carbons (Fsp3) is 0.833. The van der Waals surface area contributed by atoms with Gasteiger partial charge in [-0.25, -0.2) is 4.79 Å². The molecule has 0 spiro atoms. The van der Waals surface area contributed by atoms with Crippen molar-refractivity contribution in [2.24, 2.45) is 0 Å². The van der Waals surface area contributed by atoms with Crippen molar-refractivity contribution in [1.82, 2.24) is 10.6 Å². The van der Waals surface area contributed by atoms with Crippen LogP contribution in [0.25, 0.3) is 0 Å². The normalized spacial score (nSPS) is 23.3. The van der Waals surface area contributed by atoms with Crippen molar-refractivity contribution in [3.63, 3.8) is 0 Å². The van der Waals surface area contributed by atoms with Crippen LogP contribution in [0.1, 0.15) is 41.0 Å². The Hall–Kier alpha value is -1.30. The van der Waals surface area contributed by atoms with E-state index in [1.165, 1.54) is 0 Å². The van der Waals surface area contributed by atoms with Crippen molar-refractivity contribution < 1.29 is 19.4 Å². The van der Waals surface area contributed by atoms with Gasteiger partial charge in [0.25, 0.3) is 0 Å². The van der Waals surface area contributed by atoms with Crippen molar-refractivity contribution in [2.45, 2.75) is 58.8 Å². The number of alkyl carbamates (subject to hydrolysis) is 1. The lowest BCUT2D eigenvalue weighted by molar-refractivity contribution is -0.126. The molecule has 106 valence electrons. The highest BCUT2D eigenvalue weighted by atomic mass is 16.6. The number of carbonyl (C=O) groups is 2. The van der Waals surface area contributed by atoms with Gasteiger partial charge in [-0.05, 0) is 20.8 Å². The number of hydrogen-bond acceptors (Lipinski definition) is 4. The molecule has 6 heteroatoms. The number of piperidine rings is 1. The standard InChI is InChI=1S/C10H18N2O4.C2H6/c1-10(2,3)16-9(15)12-7-4-6(13)5-11-8(7)14;1-2/h6-7,13H,4-5H2,1-3H3,(H,11,14)(H,12,15);1-2H3. The highest BCUT2D eigenvalue weighted by Crippen LogP contribution is 2.09. The molecule has 2 atom stereocenters. The van der Waals surface area contributed by atoms with Gasteiger partial charge in [0.15, 0.2) is 0 Å². The molecule has 0 aromatic carbocycles. The first-order valence-corrected chi connectivity index (χ1v) is 6.23. The molecule has 1 saturated heterocycles. The average Bonchev–Trinajstić information content (AvgIpc) is 2.23. The number of β-amino-alcohol motifs (C(OH)–C–C–N with tert-alkyl or cyclic N) is 1. The Balaban J connectivity index is 0.00000137. The zero-order valence-electron chi connectivity index (χ0n) is 11.7. The Kier molecular flexibility index (Phi) is 6.68. The van der Waals surface area contributed by atoms with Crippen LogP contribution in [0.4, 0.5) is 4.79 Å². The van der Waals surface area contributed by atoms with Crippen molar-refractivity contribution in [3.8, 4) is 0 Å². The predicted octanol–water partition coefficient (Wildman–Crippen LogP) is 0.787. The molecule has 1 heterocycles. The number of aliphatic hydroxyl groups is 1. The van der Waals surface area contributed by atoms with Crippen LogP contribution in [0.2, 0.25) is 0 Å². The summed E-state index contributed by atoms with van der Waals surface area (Å²) in [5, 5.41) is 14.2. The highest BCUT2D eigenvalue weighted by molar-refractivity contribution is 5.86. The van der Waals surface area contributed by atoms with Gasteiger partial charge >= 0.3 is 6.09 Å². The van der Waals surface area contributed by atoms with Crippen molar-refractivity contribution >= 4 is 12.0 Å². The van der Waals surface area contributed by atoms with Gasteiger partial charge in [-0.1, -0.05) is 13.8 Å². The number of ether oxygens (including phenoxy) is 1. The lowest BCUT2D eigenvalue weighted by Gasteiger charge is -2.28. The molecule has 1 rings (SSSR count). The number of hydrogen-bond donors (Lipinski definition) is 3. The highest BCUT2D eigenvalue weighted by Gasteiger charge is 2.30. The van der Waals surface area contributed by atoms with Gasteiger partial charge in [0.2, 0.25) is 5.91 Å². The Bertz CT molecular complexity index is 286. The maximum atomic E-state index is 11.4. The molecule has 1 fully saturated rings. The predicted molar refractivity (Wildman–Crippen MR) is 68.1 cm³/mol. The molecule has 0 aliphatic carbocycles. The topological polar surface area (TPSA) is 87.7 Å². The molecule has 0 radical (unpaired) electrons. The molecule has 0 bridgehead atoms. The quantitative estimate of drug-likeness (QED) is 0.650. The summed E-state index contributed by atoms with van der Waals surface area (Å²) in [5.74, 6) is -0.295. The van der Waals surface area contributed by atoms with E-state index in [1.54, 1.807) is 20.8 Å². The second-order valence-electron chi connectivity index (χ2n) is 4.83. The van der Waals surface area contributed by atoms with E-state index in [-0.39, 0.29) is 18.9 Å². The fourth-order valence-corrected chi connectivity index (χ4v) is 1.38. The molecule has 18 heavy (non-hydrogen) atoms. The Morgan fingerprint density at radius 1 is 1.44 bits per heavy atom. The Morgan fingerprint density at radius 2 is 2.00 bits per heavy atom. The number of nitrogens with one attached hydrogen (secondary N) is 2. The molecule has 2 unspecified atom stereocenters. The molecule has 6 nitrogen and oxygen atoms in total. The summed E-state index contributed by atoms with van der Waals surface area (Å²) in [7, 11) is 0. The van der Waals surface area contributed by atoms with Crippen LogP contribution in [-0.4, -0.2) is 41.4 Å². The van der Waals surface area contributed by atoms with Gasteiger partial charge in [-0.3, -0.25) is 4.79 Å². The van der Waals surface area contributed by atoms with Crippen molar-refractivity contribution in [1.29, 1.82) is 0 Å². The zero-order valence-corrected chi connectivity index (χ0v) is 11.7. The van der Waals surface area contributed by atoms with Gasteiger partial charge in [-0.15, -0.1) is 0 Å². The van der Waals surface area contributed by atoms with Gasteiger partial charge in [0.05, 0.1) is 6.10 Å². The largest absolute Gasteiger partial charge is 0.444 e. The minimum atomic E-state index is -0.724. The first-order chi connectivity index (χ1) is 8.28. The van der Waals surface area contributed by atoms with E-state index in [2.05, 4.69) is 10.6 Å². The van der Waals surface area contributed by atoms with Crippen LogP contribution in [-0.2, 0) is 9.53 Å². The molecule has 1 aliphatic rings. The van der Waals surface area contributed by atoms with E-state index in [4.69, 9.17) is 4.74 Å². The first-order valence-electron chi connectivity index (χ1n) is 6.23. The van der Waals surface area contributed by atoms with E-state index < -0.39 is 23.8 Å². The van der Waals surface area contributed by atoms with Gasteiger partial charge < -0.3 is 20.5 Å². The SMILES string of the molecule is CC.CC(C)(C)OC(=O)NC1CC(O)CNC1=O. The molecule has 0 aromatic rings. The number of aliphatic hydroxyl groups excluding tert-OH is 1. The summed E-state index contributed by atoms with van der Waals surface area (Å²) in [6, 6.07) is -0.724. The summed E-state index contributed by atoms with van der Waals surface area (Å²) < 4.78 is 5.01. The minimum absolute atomic E-state index is 0.213. The number of amides is 2. The summed E-state index contributed by atoms with van der Waals surface area (Å²) in [5.41, 5.74) is -0.603. The van der Waals surface area contributed by atoms with Crippen LogP contribution in [0.5, 0.6) is 0 Å². The third-order valence-electron chi connectivity index (χ3n) is 2.03. The van der Waals surface area contributed by atoms with E-state index >= 15 is 0 Å². The van der Waals surface area contributed by atoms with Gasteiger partial charge in [0, 0.05) is 13.0 Å². The van der Waals surface area contributed by atoms with E-state index in [0.29, 0.717) is 0 Å². The van der Waals surface area contributed by atoms with Gasteiger partial charge in [0.1, 0.15) is 11.6 Å². The lowest BCUT2D eigenvalue weighted by atomic mass is 10.0. The summed E-state index contributed by atoms with van der Waals surface area (Å²) in [6.07, 6.45) is -1.06. The minimum Gasteiger partial charge on any atom is -0.444 e. The van der Waals surface area contributed by atoms with Crippen molar-refractivity contribution in [2.75, 3.05) is 6.54 Å². The lowest BCUT2D eigenvalue weighted by Crippen LogP contribution is -2.55. The van der Waals surface area contributed by atoms with Crippen LogP contribution >= 0.6 is 0 Å².